The highest BCUT2D eigenvalue weighted by Gasteiger charge is 2.41. The van der Waals surface area contributed by atoms with E-state index in [9.17, 15) is 28.2 Å². The van der Waals surface area contributed by atoms with Crippen molar-refractivity contribution in [1.82, 2.24) is 9.55 Å². The molecule has 0 bridgehead atoms. The summed E-state index contributed by atoms with van der Waals surface area (Å²) in [5, 5.41) is 0. The Morgan fingerprint density at radius 1 is 1.18 bits per heavy atom. The normalized spacial score (nSPS) is 24.6. The van der Waals surface area contributed by atoms with Crippen LogP contribution in [0.3, 0.4) is 0 Å². The average molecular weight is 468 g/mol. The predicted molar refractivity (Wildman–Crippen MR) is 85.7 cm³/mol. The third-order valence-corrected chi connectivity index (χ3v) is 6.75. The Hall–Kier alpha value is -0.990. The van der Waals surface area contributed by atoms with Crippen molar-refractivity contribution in [3.05, 3.63) is 32.6 Å². The van der Waals surface area contributed by atoms with Crippen molar-refractivity contribution in [3.63, 3.8) is 0 Å². The van der Waals surface area contributed by atoms with Crippen molar-refractivity contribution in [2.24, 2.45) is 0 Å². The summed E-state index contributed by atoms with van der Waals surface area (Å²) in [7, 11) is -16.4. The van der Waals surface area contributed by atoms with Crippen molar-refractivity contribution < 1.29 is 55.9 Å². The summed E-state index contributed by atoms with van der Waals surface area (Å²) in [5.41, 5.74) is -1.26. The van der Waals surface area contributed by atoms with Gasteiger partial charge in [-0.25, -0.2) is 23.1 Å². The van der Waals surface area contributed by atoms with E-state index in [0.717, 1.165) is 10.8 Å². The van der Waals surface area contributed by atoms with Gasteiger partial charge in [0, 0.05) is 11.8 Å². The number of hydrogen-bond acceptors (Lipinski definition) is 10. The summed E-state index contributed by atoms with van der Waals surface area (Å²) < 4.78 is 56.2. The van der Waals surface area contributed by atoms with Crippen LogP contribution in [-0.4, -0.2) is 48.4 Å². The standard InChI is InChI=1S/C9H15N2O14P3/c1-5-2-11(8(13)10-7(5)12)9-21-3-6(23-9)4-22-27(17,18)25-28(19,20)24-26(14,15)16/h2,6,9H,3-4H2,1H3,(H,17,18)(H,19,20)(H,10,12,13)(H2,14,15,16)/t6-,9+/m0/s1. The van der Waals surface area contributed by atoms with Gasteiger partial charge in [0.1, 0.15) is 6.10 Å². The SMILES string of the molecule is Cc1cn([C@@H]2OC[C@@H](COP(=O)(O)OP(=O)(O)OP(=O)(O)O)O2)c(=O)[nH]c1=O. The molecule has 0 radical (unpaired) electrons. The third-order valence-electron chi connectivity index (χ3n) is 2.95. The third kappa shape index (κ3) is 6.81. The van der Waals surface area contributed by atoms with E-state index in [0.29, 0.717) is 0 Å². The molecule has 1 aliphatic rings. The largest absolute Gasteiger partial charge is 0.490 e. The van der Waals surface area contributed by atoms with Gasteiger partial charge in [0.15, 0.2) is 0 Å². The summed E-state index contributed by atoms with van der Waals surface area (Å²) in [6, 6.07) is 0. The van der Waals surface area contributed by atoms with Gasteiger partial charge >= 0.3 is 29.2 Å². The second kappa shape index (κ2) is 8.40. The van der Waals surface area contributed by atoms with Crippen LogP contribution < -0.4 is 11.2 Å². The fourth-order valence-corrected chi connectivity index (χ4v) is 4.94. The smallest absolute Gasteiger partial charge is 0.332 e. The second-order valence-electron chi connectivity index (χ2n) is 5.26. The Labute approximate surface area is 155 Å². The fraction of sp³-hybridized carbons (Fsp3) is 0.556. The van der Waals surface area contributed by atoms with E-state index in [2.05, 4.69) is 13.1 Å². The lowest BCUT2D eigenvalue weighted by molar-refractivity contribution is -0.121. The van der Waals surface area contributed by atoms with Crippen molar-refractivity contribution >= 4 is 23.5 Å². The Balaban J connectivity index is 1.95. The number of rotatable bonds is 8. The van der Waals surface area contributed by atoms with Crippen LogP contribution in [0.4, 0.5) is 0 Å². The molecule has 1 aromatic heterocycles. The number of phosphoric ester groups is 1. The molecule has 160 valence electrons. The monoisotopic (exact) mass is 468 g/mol. The van der Waals surface area contributed by atoms with E-state index < -0.39 is 53.8 Å². The molecule has 4 atom stereocenters. The number of nitrogens with one attached hydrogen (secondary N) is 1. The average Bonchev–Trinajstić information content (AvgIpc) is 2.94. The molecular formula is C9H15N2O14P3. The van der Waals surface area contributed by atoms with Crippen molar-refractivity contribution in [2.75, 3.05) is 13.2 Å². The van der Waals surface area contributed by atoms with Crippen LogP contribution in [0.25, 0.3) is 0 Å². The highest BCUT2D eigenvalue weighted by Crippen LogP contribution is 2.66. The molecule has 16 nitrogen and oxygen atoms in total. The van der Waals surface area contributed by atoms with E-state index >= 15 is 0 Å². The van der Waals surface area contributed by atoms with Crippen LogP contribution in [0, 0.1) is 6.92 Å². The molecule has 1 fully saturated rings. The number of aromatic nitrogens is 2. The number of nitrogens with zero attached hydrogens (tertiary/aromatic N) is 1. The molecule has 1 aromatic rings. The lowest BCUT2D eigenvalue weighted by Crippen LogP contribution is -2.34. The molecule has 2 unspecified atom stereocenters. The topological polar surface area (TPSA) is 233 Å². The van der Waals surface area contributed by atoms with E-state index in [-0.39, 0.29) is 12.2 Å². The highest BCUT2D eigenvalue weighted by molar-refractivity contribution is 7.66. The molecule has 0 spiro atoms. The van der Waals surface area contributed by atoms with Gasteiger partial charge in [-0.2, -0.15) is 8.62 Å². The van der Waals surface area contributed by atoms with Gasteiger partial charge in [-0.1, -0.05) is 0 Å². The lowest BCUT2D eigenvalue weighted by Gasteiger charge is -2.17. The molecule has 19 heteroatoms. The molecule has 28 heavy (non-hydrogen) atoms. The first kappa shape index (κ1) is 23.3. The van der Waals surface area contributed by atoms with Crippen LogP contribution in [0.5, 0.6) is 0 Å². The molecular weight excluding hydrogens is 453 g/mol. The number of aromatic amines is 1. The molecule has 0 amide bonds. The first-order valence-corrected chi connectivity index (χ1v) is 11.6. The summed E-state index contributed by atoms with van der Waals surface area (Å²) in [6.07, 6.45) is -1.18. The van der Waals surface area contributed by atoms with Gasteiger partial charge < -0.3 is 29.0 Å². The van der Waals surface area contributed by atoms with Gasteiger partial charge in [0.25, 0.3) is 5.56 Å². The van der Waals surface area contributed by atoms with E-state index in [1.54, 1.807) is 0 Å². The first-order chi connectivity index (χ1) is 12.7. The predicted octanol–water partition coefficient (Wildman–Crippen LogP) is -0.940. The minimum absolute atomic E-state index is 0.184. The minimum atomic E-state index is -5.63. The number of ether oxygens (including phenoxy) is 2. The molecule has 1 aliphatic heterocycles. The molecule has 2 rings (SSSR count). The molecule has 0 saturated carbocycles. The van der Waals surface area contributed by atoms with Crippen LogP contribution in [0.2, 0.25) is 0 Å². The maximum atomic E-state index is 11.7. The van der Waals surface area contributed by atoms with E-state index in [1.807, 2.05) is 4.98 Å². The molecule has 1 saturated heterocycles. The fourth-order valence-electron chi connectivity index (χ4n) is 1.89. The molecule has 2 heterocycles. The summed E-state index contributed by atoms with van der Waals surface area (Å²) in [4.78, 5) is 60.3. The van der Waals surface area contributed by atoms with E-state index in [4.69, 9.17) is 24.2 Å². The lowest BCUT2D eigenvalue weighted by atomic mass is 10.4. The van der Waals surface area contributed by atoms with Crippen molar-refractivity contribution in [1.29, 1.82) is 0 Å². The van der Waals surface area contributed by atoms with Gasteiger partial charge in [-0.3, -0.25) is 14.3 Å². The summed E-state index contributed by atoms with van der Waals surface area (Å²) in [6.45, 7) is 0.443. The summed E-state index contributed by atoms with van der Waals surface area (Å²) in [5.74, 6) is 0. The second-order valence-corrected chi connectivity index (χ2v) is 9.68. The van der Waals surface area contributed by atoms with Gasteiger partial charge in [-0.15, -0.1) is 0 Å². The minimum Gasteiger partial charge on any atom is -0.332 e. The quantitative estimate of drug-likeness (QED) is 0.290. The number of phosphoric acid groups is 3. The van der Waals surface area contributed by atoms with Gasteiger partial charge in [0.05, 0.1) is 13.2 Å². The number of hydrogen-bond donors (Lipinski definition) is 5. The number of aryl methyl sites for hydroxylation is 1. The Bertz CT molecular complexity index is 979. The van der Waals surface area contributed by atoms with Crippen LogP contribution in [0.1, 0.15) is 12.0 Å². The Kier molecular flexibility index (Phi) is 6.99. The summed E-state index contributed by atoms with van der Waals surface area (Å²) >= 11 is 0. The zero-order valence-electron chi connectivity index (χ0n) is 13.8. The van der Waals surface area contributed by atoms with Gasteiger partial charge in [0.2, 0.25) is 6.41 Å². The first-order valence-electron chi connectivity index (χ1n) is 7.05. The van der Waals surface area contributed by atoms with Crippen LogP contribution in [-0.2, 0) is 36.3 Å². The van der Waals surface area contributed by atoms with Crippen LogP contribution in [0.15, 0.2) is 15.8 Å². The Morgan fingerprint density at radius 2 is 1.82 bits per heavy atom. The molecule has 0 aromatic carbocycles. The zero-order chi connectivity index (χ0) is 21.3. The maximum absolute atomic E-state index is 11.7. The van der Waals surface area contributed by atoms with Crippen molar-refractivity contribution in [2.45, 2.75) is 19.4 Å². The van der Waals surface area contributed by atoms with E-state index in [1.165, 1.54) is 6.92 Å². The Morgan fingerprint density at radius 3 is 2.43 bits per heavy atom. The highest BCUT2D eigenvalue weighted by atomic mass is 31.3. The van der Waals surface area contributed by atoms with Crippen LogP contribution >= 0.6 is 23.5 Å². The van der Waals surface area contributed by atoms with Crippen molar-refractivity contribution in [3.8, 4) is 0 Å². The molecule has 5 N–H and O–H groups in total. The number of H-pyrrole nitrogens is 1. The van der Waals surface area contributed by atoms with Gasteiger partial charge in [-0.05, 0) is 6.92 Å². The molecule has 0 aliphatic carbocycles. The maximum Gasteiger partial charge on any atom is 0.490 e. The zero-order valence-corrected chi connectivity index (χ0v) is 16.5.